The Labute approximate surface area is 159 Å². The molecule has 1 amide bonds. The highest BCUT2D eigenvalue weighted by Gasteiger charge is 2.25. The number of hydrogen-bond acceptors (Lipinski definition) is 3. The number of nitrogens with zero attached hydrogens (tertiary/aromatic N) is 2. The average Bonchev–Trinajstić information content (AvgIpc) is 3.16. The van der Waals surface area contributed by atoms with E-state index >= 15 is 0 Å². The van der Waals surface area contributed by atoms with Gasteiger partial charge in [-0.25, -0.2) is 4.98 Å². The third kappa shape index (κ3) is 4.00. The molecule has 2 aromatic carbocycles. The van der Waals surface area contributed by atoms with E-state index in [-0.39, 0.29) is 5.91 Å². The normalized spacial score (nSPS) is 12.7. The second kappa shape index (κ2) is 8.04. The van der Waals surface area contributed by atoms with Crippen molar-refractivity contribution >= 4 is 17.4 Å². The van der Waals surface area contributed by atoms with Crippen LogP contribution < -0.4 is 10.2 Å². The van der Waals surface area contributed by atoms with Crippen LogP contribution in [0, 0.1) is 0 Å². The van der Waals surface area contributed by atoms with Crippen molar-refractivity contribution in [1.29, 1.82) is 0 Å². The predicted molar refractivity (Wildman–Crippen MR) is 109 cm³/mol. The van der Waals surface area contributed by atoms with Crippen LogP contribution in [0.4, 0.5) is 11.5 Å². The maximum absolute atomic E-state index is 12.9. The third-order valence-corrected chi connectivity index (χ3v) is 4.93. The number of hydrogen-bond donors (Lipinski definition) is 1. The number of para-hydroxylation sites is 1. The van der Waals surface area contributed by atoms with Gasteiger partial charge in [0.15, 0.2) is 0 Å². The molecule has 0 bridgehead atoms. The molecule has 4 nitrogen and oxygen atoms in total. The van der Waals surface area contributed by atoms with Crippen LogP contribution in [0.1, 0.15) is 27.9 Å². The van der Waals surface area contributed by atoms with E-state index < -0.39 is 0 Å². The van der Waals surface area contributed by atoms with E-state index in [2.05, 4.69) is 40.6 Å². The molecule has 1 aromatic heterocycles. The molecule has 1 N–H and O–H groups in total. The second-order valence-corrected chi connectivity index (χ2v) is 6.78. The van der Waals surface area contributed by atoms with Crippen molar-refractivity contribution in [2.24, 2.45) is 0 Å². The van der Waals surface area contributed by atoms with E-state index in [1.807, 2.05) is 35.2 Å². The molecule has 4 rings (SSSR count). The van der Waals surface area contributed by atoms with E-state index in [0.29, 0.717) is 5.56 Å². The number of pyridine rings is 1. The Kier molecular flexibility index (Phi) is 5.15. The number of carbonyl (C=O) groups excluding carboxylic acids is 1. The first-order chi connectivity index (χ1) is 13.3. The van der Waals surface area contributed by atoms with Crippen LogP contribution in [0.15, 0.2) is 72.9 Å². The number of aryl methyl sites for hydroxylation is 1. The Morgan fingerprint density at radius 1 is 1.04 bits per heavy atom. The summed E-state index contributed by atoms with van der Waals surface area (Å²) in [6, 6.07) is 22.2. The van der Waals surface area contributed by atoms with Gasteiger partial charge in [-0.05, 0) is 48.6 Å². The number of aromatic nitrogens is 1. The van der Waals surface area contributed by atoms with E-state index in [0.717, 1.165) is 43.9 Å². The van der Waals surface area contributed by atoms with Gasteiger partial charge in [-0.1, -0.05) is 48.5 Å². The molecule has 136 valence electrons. The van der Waals surface area contributed by atoms with Gasteiger partial charge in [-0.15, -0.1) is 0 Å². The molecule has 0 unspecified atom stereocenters. The molecule has 2 heterocycles. The van der Waals surface area contributed by atoms with Crippen LogP contribution in [-0.2, 0) is 12.8 Å². The molecule has 0 spiro atoms. The summed E-state index contributed by atoms with van der Waals surface area (Å²) in [5.74, 6) is 0.788. The monoisotopic (exact) mass is 357 g/mol. The number of rotatable bonds is 6. The van der Waals surface area contributed by atoms with Gasteiger partial charge >= 0.3 is 0 Å². The maximum atomic E-state index is 12.9. The van der Waals surface area contributed by atoms with Crippen LogP contribution >= 0.6 is 0 Å². The zero-order valence-electron chi connectivity index (χ0n) is 15.3. The predicted octanol–water partition coefficient (Wildman–Crippen LogP) is 4.33. The lowest BCUT2D eigenvalue weighted by atomic mass is 10.1. The Hall–Kier alpha value is -3.14. The van der Waals surface area contributed by atoms with Crippen molar-refractivity contribution in [3.05, 3.63) is 89.6 Å². The van der Waals surface area contributed by atoms with Gasteiger partial charge in [0.1, 0.15) is 5.82 Å². The van der Waals surface area contributed by atoms with Crippen LogP contribution in [0.25, 0.3) is 0 Å². The molecule has 0 fully saturated rings. The summed E-state index contributed by atoms with van der Waals surface area (Å²) < 4.78 is 0. The molecular weight excluding hydrogens is 334 g/mol. The lowest BCUT2D eigenvalue weighted by molar-refractivity contribution is 0.0989. The SMILES string of the molecule is O=C(c1ccnc(NCCCc2ccccc2)c1)N1CCc2ccccc21. The largest absolute Gasteiger partial charge is 0.370 e. The second-order valence-electron chi connectivity index (χ2n) is 6.78. The standard InChI is InChI=1S/C23H23N3O/c27-23(26-16-13-19-10-4-5-11-21(19)26)20-12-15-25-22(17-20)24-14-6-9-18-7-2-1-3-8-18/h1-5,7-8,10-12,15,17H,6,9,13-14,16H2,(H,24,25). The molecule has 1 aliphatic rings. The van der Waals surface area contributed by atoms with Crippen molar-refractivity contribution < 1.29 is 4.79 Å². The van der Waals surface area contributed by atoms with Crippen LogP contribution in [0.2, 0.25) is 0 Å². The van der Waals surface area contributed by atoms with Crippen molar-refractivity contribution in [2.75, 3.05) is 23.3 Å². The highest BCUT2D eigenvalue weighted by atomic mass is 16.2. The van der Waals surface area contributed by atoms with Crippen molar-refractivity contribution in [2.45, 2.75) is 19.3 Å². The number of benzene rings is 2. The Morgan fingerprint density at radius 3 is 2.74 bits per heavy atom. The first-order valence-corrected chi connectivity index (χ1v) is 9.45. The van der Waals surface area contributed by atoms with Gasteiger partial charge in [-0.3, -0.25) is 4.79 Å². The van der Waals surface area contributed by atoms with Gasteiger partial charge in [0.25, 0.3) is 5.91 Å². The first-order valence-electron chi connectivity index (χ1n) is 9.45. The van der Waals surface area contributed by atoms with Crippen LogP contribution in [0.5, 0.6) is 0 Å². The minimum absolute atomic E-state index is 0.0367. The van der Waals surface area contributed by atoms with Gasteiger partial charge in [-0.2, -0.15) is 0 Å². The van der Waals surface area contributed by atoms with Crippen molar-refractivity contribution in [3.63, 3.8) is 0 Å². The molecule has 0 aliphatic carbocycles. The van der Waals surface area contributed by atoms with Gasteiger partial charge in [0, 0.05) is 30.5 Å². The number of fused-ring (bicyclic) bond motifs is 1. The summed E-state index contributed by atoms with van der Waals surface area (Å²) in [5.41, 5.74) is 4.27. The lowest BCUT2D eigenvalue weighted by Crippen LogP contribution is -2.29. The molecule has 0 saturated heterocycles. The maximum Gasteiger partial charge on any atom is 0.258 e. The quantitative estimate of drug-likeness (QED) is 0.668. The van der Waals surface area contributed by atoms with E-state index in [9.17, 15) is 4.79 Å². The minimum Gasteiger partial charge on any atom is -0.370 e. The highest BCUT2D eigenvalue weighted by Crippen LogP contribution is 2.29. The van der Waals surface area contributed by atoms with Gasteiger partial charge < -0.3 is 10.2 Å². The molecule has 0 atom stereocenters. The number of amides is 1. The zero-order valence-corrected chi connectivity index (χ0v) is 15.3. The molecule has 27 heavy (non-hydrogen) atoms. The summed E-state index contributed by atoms with van der Waals surface area (Å²) in [6.45, 7) is 1.56. The van der Waals surface area contributed by atoms with Crippen LogP contribution in [-0.4, -0.2) is 24.0 Å². The summed E-state index contributed by atoms with van der Waals surface area (Å²) in [6.07, 6.45) is 4.66. The zero-order chi connectivity index (χ0) is 18.5. The number of anilines is 2. The third-order valence-electron chi connectivity index (χ3n) is 4.93. The summed E-state index contributed by atoms with van der Waals surface area (Å²) in [7, 11) is 0. The molecular formula is C23H23N3O. The molecule has 0 saturated carbocycles. The number of nitrogens with one attached hydrogen (secondary N) is 1. The van der Waals surface area contributed by atoms with E-state index in [1.165, 1.54) is 11.1 Å². The van der Waals surface area contributed by atoms with Crippen LogP contribution in [0.3, 0.4) is 0 Å². The fraction of sp³-hybridized carbons (Fsp3) is 0.217. The minimum atomic E-state index is 0.0367. The highest BCUT2D eigenvalue weighted by molar-refractivity contribution is 6.07. The van der Waals surface area contributed by atoms with Crippen molar-refractivity contribution in [3.8, 4) is 0 Å². The summed E-state index contributed by atoms with van der Waals surface area (Å²) in [5, 5.41) is 3.34. The fourth-order valence-electron chi connectivity index (χ4n) is 3.52. The van der Waals surface area contributed by atoms with Crippen molar-refractivity contribution in [1.82, 2.24) is 4.98 Å². The molecule has 4 heteroatoms. The average molecular weight is 357 g/mol. The molecule has 1 aliphatic heterocycles. The van der Waals surface area contributed by atoms with Gasteiger partial charge in [0.05, 0.1) is 0 Å². The Balaban J connectivity index is 1.37. The van der Waals surface area contributed by atoms with E-state index in [4.69, 9.17) is 0 Å². The van der Waals surface area contributed by atoms with E-state index in [1.54, 1.807) is 12.3 Å². The topological polar surface area (TPSA) is 45.2 Å². The van der Waals surface area contributed by atoms with Gasteiger partial charge in [0.2, 0.25) is 0 Å². The summed E-state index contributed by atoms with van der Waals surface area (Å²) in [4.78, 5) is 19.2. The fourth-order valence-corrected chi connectivity index (χ4v) is 3.52. The Morgan fingerprint density at radius 2 is 1.85 bits per heavy atom. The number of carbonyl (C=O) groups is 1. The summed E-state index contributed by atoms with van der Waals surface area (Å²) >= 11 is 0. The molecule has 0 radical (unpaired) electrons. The Bertz CT molecular complexity index is 924. The lowest BCUT2D eigenvalue weighted by Gasteiger charge is -2.17. The molecule has 3 aromatic rings. The first kappa shape index (κ1) is 17.3. The smallest absolute Gasteiger partial charge is 0.258 e.